The SMILES string of the molecule is N#Cc1cccc(-c2nc(-c3ccc(-n4c5ccccc5c5cc6[nH]c7ccccc7c6cc54)cc3)nc3ccccc23)c1. The van der Waals surface area contributed by atoms with Gasteiger partial charge in [0.15, 0.2) is 5.82 Å². The molecule has 0 fully saturated rings. The monoisotopic (exact) mass is 561 g/mol. The lowest BCUT2D eigenvalue weighted by atomic mass is 10.0. The molecule has 0 bridgehead atoms. The van der Waals surface area contributed by atoms with Gasteiger partial charge in [-0.3, -0.25) is 0 Å². The molecule has 5 heteroatoms. The molecule has 5 nitrogen and oxygen atoms in total. The average molecular weight is 562 g/mol. The first-order chi connectivity index (χ1) is 21.7. The van der Waals surface area contributed by atoms with Gasteiger partial charge in [0.25, 0.3) is 0 Å². The van der Waals surface area contributed by atoms with Crippen molar-refractivity contribution in [3.05, 3.63) is 139 Å². The minimum atomic E-state index is 0.604. The molecule has 0 radical (unpaired) electrons. The predicted molar refractivity (Wildman–Crippen MR) is 179 cm³/mol. The summed E-state index contributed by atoms with van der Waals surface area (Å²) in [5, 5.41) is 15.3. The average Bonchev–Trinajstić information content (AvgIpc) is 3.61. The van der Waals surface area contributed by atoms with Gasteiger partial charge in [0.1, 0.15) is 0 Å². The summed E-state index contributed by atoms with van der Waals surface area (Å²) in [5.41, 5.74) is 9.79. The van der Waals surface area contributed by atoms with E-state index >= 15 is 0 Å². The lowest BCUT2D eigenvalue weighted by Gasteiger charge is -2.11. The molecule has 44 heavy (non-hydrogen) atoms. The molecule has 3 heterocycles. The lowest BCUT2D eigenvalue weighted by molar-refractivity contribution is 1.17. The third kappa shape index (κ3) is 3.65. The molecule has 0 atom stereocenters. The summed E-state index contributed by atoms with van der Waals surface area (Å²) in [6.45, 7) is 0. The Morgan fingerprint density at radius 3 is 2.18 bits per heavy atom. The lowest BCUT2D eigenvalue weighted by Crippen LogP contribution is -1.97. The van der Waals surface area contributed by atoms with Crippen LogP contribution in [0.15, 0.2) is 133 Å². The fourth-order valence-corrected chi connectivity index (χ4v) is 6.51. The van der Waals surface area contributed by atoms with Crippen LogP contribution in [0.4, 0.5) is 0 Å². The van der Waals surface area contributed by atoms with Gasteiger partial charge in [-0.25, -0.2) is 9.97 Å². The number of aromatic nitrogens is 4. The van der Waals surface area contributed by atoms with Gasteiger partial charge in [0, 0.05) is 54.8 Å². The molecule has 6 aromatic carbocycles. The van der Waals surface area contributed by atoms with Crippen molar-refractivity contribution in [2.75, 3.05) is 0 Å². The first kappa shape index (κ1) is 24.4. The van der Waals surface area contributed by atoms with Gasteiger partial charge in [-0.2, -0.15) is 5.26 Å². The first-order valence-electron chi connectivity index (χ1n) is 14.6. The Kier molecular flexibility index (Phi) is 5.19. The van der Waals surface area contributed by atoms with E-state index in [1.807, 2.05) is 48.5 Å². The zero-order chi connectivity index (χ0) is 29.2. The van der Waals surface area contributed by atoms with Crippen LogP contribution in [0, 0.1) is 11.3 Å². The fourth-order valence-electron chi connectivity index (χ4n) is 6.51. The Morgan fingerprint density at radius 1 is 0.545 bits per heavy atom. The van der Waals surface area contributed by atoms with Gasteiger partial charge in [0.05, 0.1) is 33.9 Å². The van der Waals surface area contributed by atoms with Crippen molar-refractivity contribution in [3.63, 3.8) is 0 Å². The van der Waals surface area contributed by atoms with E-state index in [1.54, 1.807) is 0 Å². The Bertz CT molecular complexity index is 2620. The Hall–Kier alpha value is -6.25. The van der Waals surface area contributed by atoms with Crippen LogP contribution in [-0.4, -0.2) is 19.5 Å². The zero-order valence-electron chi connectivity index (χ0n) is 23.5. The van der Waals surface area contributed by atoms with Crippen LogP contribution in [0.2, 0.25) is 0 Å². The Morgan fingerprint density at radius 2 is 1.32 bits per heavy atom. The number of para-hydroxylation sites is 3. The second-order valence-electron chi connectivity index (χ2n) is 11.1. The van der Waals surface area contributed by atoms with Crippen LogP contribution in [-0.2, 0) is 0 Å². The molecule has 0 spiro atoms. The maximum atomic E-state index is 9.49. The summed E-state index contributed by atoms with van der Waals surface area (Å²) in [5.74, 6) is 0.648. The molecule has 0 saturated heterocycles. The number of hydrogen-bond donors (Lipinski definition) is 1. The van der Waals surface area contributed by atoms with Gasteiger partial charge in [-0.05, 0) is 66.7 Å². The largest absolute Gasteiger partial charge is 0.354 e. The molecule has 0 aliphatic carbocycles. The highest BCUT2D eigenvalue weighted by Crippen LogP contribution is 2.37. The summed E-state index contributed by atoms with van der Waals surface area (Å²) in [4.78, 5) is 13.6. The maximum absolute atomic E-state index is 9.49. The number of hydrogen-bond acceptors (Lipinski definition) is 3. The summed E-state index contributed by atoms with van der Waals surface area (Å²) >= 11 is 0. The van der Waals surface area contributed by atoms with Crippen molar-refractivity contribution in [2.24, 2.45) is 0 Å². The number of benzene rings is 6. The van der Waals surface area contributed by atoms with Crippen LogP contribution in [0.5, 0.6) is 0 Å². The summed E-state index contributed by atoms with van der Waals surface area (Å²) < 4.78 is 2.34. The van der Waals surface area contributed by atoms with Crippen LogP contribution in [0.25, 0.3) is 82.8 Å². The first-order valence-corrected chi connectivity index (χ1v) is 14.6. The third-order valence-corrected chi connectivity index (χ3v) is 8.55. The smallest absolute Gasteiger partial charge is 0.160 e. The normalized spacial score (nSPS) is 11.6. The molecule has 0 unspecified atom stereocenters. The topological polar surface area (TPSA) is 70.3 Å². The van der Waals surface area contributed by atoms with Crippen LogP contribution < -0.4 is 0 Å². The summed E-state index contributed by atoms with van der Waals surface area (Å²) in [6, 6.07) is 48.0. The number of nitrogens with zero attached hydrogens (tertiary/aromatic N) is 4. The van der Waals surface area contributed by atoms with E-state index in [1.165, 1.54) is 21.5 Å². The molecule has 0 saturated carbocycles. The van der Waals surface area contributed by atoms with E-state index in [0.29, 0.717) is 11.4 Å². The van der Waals surface area contributed by atoms with E-state index in [4.69, 9.17) is 9.97 Å². The molecule has 1 N–H and O–H groups in total. The fraction of sp³-hybridized carbons (Fsp3) is 0. The van der Waals surface area contributed by atoms with Crippen LogP contribution >= 0.6 is 0 Å². The van der Waals surface area contributed by atoms with E-state index in [2.05, 4.69) is 101 Å². The van der Waals surface area contributed by atoms with Gasteiger partial charge in [-0.1, -0.05) is 66.7 Å². The van der Waals surface area contributed by atoms with Crippen molar-refractivity contribution in [2.45, 2.75) is 0 Å². The van der Waals surface area contributed by atoms with Crippen molar-refractivity contribution >= 4 is 54.5 Å². The van der Waals surface area contributed by atoms with Crippen molar-refractivity contribution in [3.8, 4) is 34.4 Å². The van der Waals surface area contributed by atoms with E-state index in [9.17, 15) is 5.26 Å². The Balaban J connectivity index is 1.22. The number of nitrogens with one attached hydrogen (secondary N) is 1. The van der Waals surface area contributed by atoms with Crippen molar-refractivity contribution < 1.29 is 0 Å². The van der Waals surface area contributed by atoms with Gasteiger partial charge >= 0.3 is 0 Å². The summed E-state index contributed by atoms with van der Waals surface area (Å²) in [7, 11) is 0. The molecule has 0 aliphatic rings. The highest BCUT2D eigenvalue weighted by atomic mass is 15.0. The molecule has 9 rings (SSSR count). The van der Waals surface area contributed by atoms with E-state index in [-0.39, 0.29) is 0 Å². The second-order valence-corrected chi connectivity index (χ2v) is 11.1. The number of rotatable bonds is 3. The molecule has 9 aromatic rings. The molecule has 0 amide bonds. The minimum absolute atomic E-state index is 0.604. The summed E-state index contributed by atoms with van der Waals surface area (Å²) in [6.07, 6.45) is 0. The molecule has 0 aliphatic heterocycles. The van der Waals surface area contributed by atoms with E-state index in [0.717, 1.165) is 55.5 Å². The number of fused-ring (bicyclic) bond motifs is 7. The molecular weight excluding hydrogens is 538 g/mol. The standard InChI is InChI=1S/C39H23N5/c40-23-24-8-7-9-26(20-24)38-30-12-2-5-14-34(30)42-39(43-38)25-16-18-27(19-17-25)44-36-15-6-3-11-29(36)32-21-35-31(22-37(32)44)28-10-1-4-13-33(28)41-35/h1-22,41H. The molecule has 3 aromatic heterocycles. The maximum Gasteiger partial charge on any atom is 0.160 e. The van der Waals surface area contributed by atoms with Crippen molar-refractivity contribution in [1.29, 1.82) is 5.26 Å². The third-order valence-electron chi connectivity index (χ3n) is 8.55. The number of H-pyrrole nitrogens is 1. The van der Waals surface area contributed by atoms with E-state index < -0.39 is 0 Å². The van der Waals surface area contributed by atoms with Crippen LogP contribution in [0.3, 0.4) is 0 Å². The highest BCUT2D eigenvalue weighted by Gasteiger charge is 2.16. The van der Waals surface area contributed by atoms with Gasteiger partial charge in [-0.15, -0.1) is 0 Å². The van der Waals surface area contributed by atoms with Crippen molar-refractivity contribution in [1.82, 2.24) is 19.5 Å². The van der Waals surface area contributed by atoms with Gasteiger partial charge in [0.2, 0.25) is 0 Å². The van der Waals surface area contributed by atoms with Crippen LogP contribution in [0.1, 0.15) is 5.56 Å². The molecule has 204 valence electrons. The molecular formula is C39H23N5. The van der Waals surface area contributed by atoms with Gasteiger partial charge < -0.3 is 9.55 Å². The Labute approximate surface area is 252 Å². The minimum Gasteiger partial charge on any atom is -0.354 e. The number of nitriles is 1. The second kappa shape index (κ2) is 9.38. The highest BCUT2D eigenvalue weighted by molar-refractivity contribution is 6.18. The number of aromatic amines is 1. The predicted octanol–water partition coefficient (Wildman–Crippen LogP) is 9.57. The zero-order valence-corrected chi connectivity index (χ0v) is 23.5. The quantitative estimate of drug-likeness (QED) is 0.233.